The Hall–Kier alpha value is -3.48. The number of amides is 2. The Balaban J connectivity index is 1.57. The zero-order valence-corrected chi connectivity index (χ0v) is 23.4. The predicted molar refractivity (Wildman–Crippen MR) is 145 cm³/mol. The first-order valence-electron chi connectivity index (χ1n) is 13.8. The highest BCUT2D eigenvalue weighted by Gasteiger charge is 2.37. The van der Waals surface area contributed by atoms with E-state index < -0.39 is 23.5 Å². The van der Waals surface area contributed by atoms with E-state index in [1.807, 2.05) is 7.05 Å². The van der Waals surface area contributed by atoms with Gasteiger partial charge in [0.05, 0.1) is 29.6 Å². The number of alkyl halides is 3. The summed E-state index contributed by atoms with van der Waals surface area (Å²) in [6.45, 7) is 3.03. The third kappa shape index (κ3) is 7.84. The lowest BCUT2D eigenvalue weighted by Gasteiger charge is -2.32. The fourth-order valence-corrected chi connectivity index (χ4v) is 5.55. The van der Waals surface area contributed by atoms with Gasteiger partial charge in [0, 0.05) is 31.3 Å². The van der Waals surface area contributed by atoms with Gasteiger partial charge in [-0.2, -0.15) is 13.2 Å². The number of carbonyl (C=O) groups is 2. The molecule has 9 nitrogen and oxygen atoms in total. The van der Waals surface area contributed by atoms with E-state index in [0.29, 0.717) is 19.0 Å². The van der Waals surface area contributed by atoms with Crippen LogP contribution in [0.5, 0.6) is 5.75 Å². The van der Waals surface area contributed by atoms with Crippen molar-refractivity contribution in [2.75, 3.05) is 32.6 Å². The van der Waals surface area contributed by atoms with Crippen molar-refractivity contribution in [3.8, 4) is 5.75 Å². The average molecular weight is 581 g/mol. The summed E-state index contributed by atoms with van der Waals surface area (Å²) >= 11 is 0. The maximum Gasteiger partial charge on any atom is 0.419 e. The Kier molecular flexibility index (Phi) is 9.67. The van der Waals surface area contributed by atoms with Gasteiger partial charge in [0.2, 0.25) is 11.9 Å². The Morgan fingerprint density at radius 3 is 2.46 bits per heavy atom. The number of ether oxygens (including phenoxy) is 1. The Morgan fingerprint density at radius 2 is 1.80 bits per heavy atom. The van der Waals surface area contributed by atoms with E-state index in [9.17, 15) is 22.8 Å². The maximum absolute atomic E-state index is 15.1. The molecule has 0 spiro atoms. The molecule has 0 radical (unpaired) electrons. The maximum atomic E-state index is 15.1. The van der Waals surface area contributed by atoms with E-state index in [1.165, 1.54) is 20.1 Å². The summed E-state index contributed by atoms with van der Waals surface area (Å²) in [6.07, 6.45) is 0.546. The second-order valence-electron chi connectivity index (χ2n) is 10.8. The zero-order chi connectivity index (χ0) is 29.7. The number of halogens is 4. The third-order valence-electron chi connectivity index (χ3n) is 7.76. The van der Waals surface area contributed by atoms with Crippen LogP contribution in [0.1, 0.15) is 67.1 Å². The number of likely N-dealkylation sites (tertiary alicyclic amines) is 1. The summed E-state index contributed by atoms with van der Waals surface area (Å²) in [5.41, 5.74) is -1.33. The molecule has 2 aliphatic rings. The van der Waals surface area contributed by atoms with Crippen LogP contribution in [0.15, 0.2) is 18.3 Å². The molecule has 2 heterocycles. The van der Waals surface area contributed by atoms with Crippen LogP contribution in [0.3, 0.4) is 0 Å². The summed E-state index contributed by atoms with van der Waals surface area (Å²) < 4.78 is 62.1. The van der Waals surface area contributed by atoms with Gasteiger partial charge in [-0.25, -0.2) is 14.4 Å². The van der Waals surface area contributed by atoms with E-state index in [1.54, 1.807) is 0 Å². The lowest BCUT2D eigenvalue weighted by molar-refractivity contribution is -0.139. The number of piperidine rings is 1. The molecule has 2 aromatic rings. The van der Waals surface area contributed by atoms with Gasteiger partial charge < -0.3 is 25.6 Å². The largest absolute Gasteiger partial charge is 0.495 e. The van der Waals surface area contributed by atoms with Crippen molar-refractivity contribution in [2.45, 2.75) is 70.1 Å². The highest BCUT2D eigenvalue weighted by atomic mass is 19.4. The first kappa shape index (κ1) is 30.5. The third-order valence-corrected chi connectivity index (χ3v) is 7.76. The first-order chi connectivity index (χ1) is 19.4. The van der Waals surface area contributed by atoms with Gasteiger partial charge in [-0.1, -0.05) is 12.8 Å². The summed E-state index contributed by atoms with van der Waals surface area (Å²) in [5.74, 6) is -1.95. The molecule has 1 aliphatic carbocycles. The van der Waals surface area contributed by atoms with Gasteiger partial charge in [0.1, 0.15) is 11.6 Å². The van der Waals surface area contributed by atoms with Crippen molar-refractivity contribution >= 4 is 23.5 Å². The Morgan fingerprint density at radius 1 is 1.10 bits per heavy atom. The molecule has 41 heavy (non-hydrogen) atoms. The van der Waals surface area contributed by atoms with E-state index >= 15 is 4.39 Å². The molecule has 1 saturated heterocycles. The number of methoxy groups -OCH3 is 1. The van der Waals surface area contributed by atoms with Crippen LogP contribution in [0.25, 0.3) is 0 Å². The van der Waals surface area contributed by atoms with Crippen molar-refractivity contribution in [1.29, 1.82) is 0 Å². The van der Waals surface area contributed by atoms with Crippen LogP contribution >= 0.6 is 0 Å². The lowest BCUT2D eigenvalue weighted by Crippen LogP contribution is -2.43. The molecule has 13 heteroatoms. The molecule has 4 rings (SSSR count). The molecule has 1 aromatic heterocycles. The normalized spacial score (nSPS) is 20.4. The smallest absolute Gasteiger partial charge is 0.419 e. The predicted octanol–water partition coefficient (Wildman–Crippen LogP) is 4.45. The minimum Gasteiger partial charge on any atom is -0.495 e. The molecule has 2 amide bonds. The monoisotopic (exact) mass is 580 g/mol. The highest BCUT2D eigenvalue weighted by Crippen LogP contribution is 2.36. The lowest BCUT2D eigenvalue weighted by atomic mass is 9.81. The fraction of sp³-hybridized carbons (Fsp3) is 0.571. The standard InChI is InChI=1S/C28H36F4N6O3/c1-16(39)34-22-7-5-4-6-17(22)12-23-20(28(30,31)32)15-33-27(36-23)37-24-14-21(29)19(13-25(24)41-3)26(40)35-18-8-10-38(2)11-9-18/h13-15,17-18,22H,4-12H2,1-3H3,(H,34,39)(H,35,40)(H,33,36,37)/t17-,22+/m0/s1. The highest BCUT2D eigenvalue weighted by molar-refractivity contribution is 5.96. The molecule has 1 aromatic carbocycles. The van der Waals surface area contributed by atoms with Gasteiger partial charge in [0.15, 0.2) is 0 Å². The molecular weight excluding hydrogens is 544 g/mol. The molecule has 2 atom stereocenters. The summed E-state index contributed by atoms with van der Waals surface area (Å²) in [6, 6.07) is 1.95. The number of rotatable bonds is 8. The van der Waals surface area contributed by atoms with Gasteiger partial charge in [0.25, 0.3) is 5.91 Å². The van der Waals surface area contributed by atoms with E-state index in [0.717, 1.165) is 44.8 Å². The molecular formula is C28H36F4N6O3. The van der Waals surface area contributed by atoms with Crippen molar-refractivity contribution in [1.82, 2.24) is 25.5 Å². The summed E-state index contributed by atoms with van der Waals surface area (Å²) in [7, 11) is 3.33. The molecule has 224 valence electrons. The Bertz CT molecular complexity index is 1250. The minimum absolute atomic E-state index is 0.0153. The molecule has 0 bridgehead atoms. The molecule has 3 N–H and O–H groups in total. The van der Waals surface area contributed by atoms with E-state index in [-0.39, 0.29) is 59.0 Å². The zero-order valence-electron chi connectivity index (χ0n) is 23.4. The van der Waals surface area contributed by atoms with Crippen LogP contribution in [-0.4, -0.2) is 66.0 Å². The van der Waals surface area contributed by atoms with Gasteiger partial charge in [-0.3, -0.25) is 9.59 Å². The SMILES string of the molecule is COc1cc(C(=O)NC2CCN(C)CC2)c(F)cc1Nc1ncc(C(F)(F)F)c(C[C@@H]2CCCC[C@H]2NC(C)=O)n1. The van der Waals surface area contributed by atoms with Crippen molar-refractivity contribution in [2.24, 2.45) is 5.92 Å². The van der Waals surface area contributed by atoms with Gasteiger partial charge in [-0.05, 0) is 64.2 Å². The summed E-state index contributed by atoms with van der Waals surface area (Å²) in [4.78, 5) is 34.6. The molecule has 2 fully saturated rings. The number of hydrogen-bond donors (Lipinski definition) is 3. The van der Waals surface area contributed by atoms with Crippen LogP contribution in [-0.2, 0) is 17.4 Å². The quantitative estimate of drug-likeness (QED) is 0.396. The van der Waals surface area contributed by atoms with Crippen LogP contribution in [0.2, 0.25) is 0 Å². The summed E-state index contributed by atoms with van der Waals surface area (Å²) in [5, 5.41) is 8.47. The minimum atomic E-state index is -4.68. The van der Waals surface area contributed by atoms with Crippen LogP contribution in [0.4, 0.5) is 29.2 Å². The second-order valence-corrected chi connectivity index (χ2v) is 10.8. The number of aromatic nitrogens is 2. The van der Waals surface area contributed by atoms with Crippen LogP contribution < -0.4 is 20.7 Å². The van der Waals surface area contributed by atoms with Crippen LogP contribution in [0, 0.1) is 11.7 Å². The number of anilines is 2. The van der Waals surface area contributed by atoms with Crippen molar-refractivity contribution < 1.29 is 31.9 Å². The topological polar surface area (TPSA) is 108 Å². The Labute approximate surface area is 236 Å². The molecule has 1 saturated carbocycles. The number of nitrogens with one attached hydrogen (secondary N) is 3. The van der Waals surface area contributed by atoms with Crippen molar-refractivity contribution in [3.05, 3.63) is 41.0 Å². The van der Waals surface area contributed by atoms with E-state index in [4.69, 9.17) is 4.74 Å². The van der Waals surface area contributed by atoms with Gasteiger partial charge in [-0.15, -0.1) is 0 Å². The molecule has 0 unspecified atom stereocenters. The van der Waals surface area contributed by atoms with E-state index in [2.05, 4.69) is 30.8 Å². The van der Waals surface area contributed by atoms with Gasteiger partial charge >= 0.3 is 6.18 Å². The fourth-order valence-electron chi connectivity index (χ4n) is 5.55. The second kappa shape index (κ2) is 13.0. The van der Waals surface area contributed by atoms with Crippen molar-refractivity contribution in [3.63, 3.8) is 0 Å². The number of hydrogen-bond acceptors (Lipinski definition) is 7. The number of nitrogens with zero attached hydrogens (tertiary/aromatic N) is 3. The molecule has 1 aliphatic heterocycles. The number of carbonyl (C=O) groups excluding carboxylic acids is 2. The number of benzene rings is 1. The average Bonchev–Trinajstić information content (AvgIpc) is 2.90. The first-order valence-corrected chi connectivity index (χ1v) is 13.8.